The van der Waals surface area contributed by atoms with Crippen LogP contribution >= 0.6 is 23.2 Å². The number of hydrogen-bond acceptors (Lipinski definition) is 4. The van der Waals surface area contributed by atoms with Crippen molar-refractivity contribution in [3.8, 4) is 11.8 Å². The Morgan fingerprint density at radius 3 is 2.36 bits per heavy atom. The third-order valence-corrected chi connectivity index (χ3v) is 6.44. The highest BCUT2D eigenvalue weighted by atomic mass is 35.5. The number of rotatable bonds is 7. The van der Waals surface area contributed by atoms with Crippen molar-refractivity contribution in [3.63, 3.8) is 0 Å². The van der Waals surface area contributed by atoms with Crippen LogP contribution in [0.15, 0.2) is 24.3 Å². The molecule has 1 aromatic carbocycles. The van der Waals surface area contributed by atoms with Crippen LogP contribution in [0.2, 0.25) is 10.3 Å². The van der Waals surface area contributed by atoms with Gasteiger partial charge in [0.15, 0.2) is 5.78 Å². The van der Waals surface area contributed by atoms with Gasteiger partial charge in [0.25, 0.3) is 0 Å². The zero-order valence-corrected chi connectivity index (χ0v) is 20.3. The second-order valence-corrected chi connectivity index (χ2v) is 9.89. The van der Waals surface area contributed by atoms with E-state index in [1.165, 1.54) is 0 Å². The summed E-state index contributed by atoms with van der Waals surface area (Å²) in [4.78, 5) is 28.8. The predicted octanol–water partition coefficient (Wildman–Crippen LogP) is 5.21. The highest BCUT2D eigenvalue weighted by Gasteiger charge is 2.28. The summed E-state index contributed by atoms with van der Waals surface area (Å²) in [5.41, 5.74) is 0.235. The monoisotopic (exact) mass is 490 g/mol. The van der Waals surface area contributed by atoms with Crippen LogP contribution in [-0.4, -0.2) is 37.1 Å². The zero-order valence-electron chi connectivity index (χ0n) is 18.8. The second-order valence-electron chi connectivity index (χ2n) is 9.12. The van der Waals surface area contributed by atoms with Gasteiger partial charge in [-0.15, -0.1) is 0 Å². The largest absolute Gasteiger partial charge is 0.481 e. The van der Waals surface area contributed by atoms with E-state index in [0.29, 0.717) is 48.9 Å². The summed E-state index contributed by atoms with van der Waals surface area (Å²) in [5.74, 6) is 4.72. The predicted molar refractivity (Wildman–Crippen MR) is 128 cm³/mol. The van der Waals surface area contributed by atoms with Crippen LogP contribution in [-0.2, 0) is 11.3 Å². The van der Waals surface area contributed by atoms with Crippen molar-refractivity contribution in [3.05, 3.63) is 51.5 Å². The Balaban J connectivity index is 1.82. The maximum absolute atomic E-state index is 13.3. The van der Waals surface area contributed by atoms with E-state index in [1.54, 1.807) is 30.5 Å². The Bertz CT molecular complexity index is 1070. The normalized spacial score (nSPS) is 18.5. The lowest BCUT2D eigenvalue weighted by atomic mass is 9.79. The smallest absolute Gasteiger partial charge is 0.306 e. The molecule has 0 bridgehead atoms. The molecule has 2 aromatic rings. The van der Waals surface area contributed by atoms with Gasteiger partial charge in [-0.3, -0.25) is 9.59 Å². The average molecular weight is 491 g/mol. The molecule has 1 saturated carbocycles. The highest BCUT2D eigenvalue weighted by molar-refractivity contribution is 6.30. The van der Waals surface area contributed by atoms with Gasteiger partial charge in [0, 0.05) is 11.4 Å². The first-order valence-electron chi connectivity index (χ1n) is 11.1. The first-order valence-corrected chi connectivity index (χ1v) is 11.8. The Kier molecular flexibility index (Phi) is 8.23. The average Bonchev–Trinajstić information content (AvgIpc) is 3.07. The van der Waals surface area contributed by atoms with Gasteiger partial charge >= 0.3 is 5.97 Å². The fourth-order valence-corrected chi connectivity index (χ4v) is 4.43. The summed E-state index contributed by atoms with van der Waals surface area (Å²) in [6.45, 7) is 3.44. The van der Waals surface area contributed by atoms with Crippen LogP contribution in [0.4, 0.5) is 0 Å². The van der Waals surface area contributed by atoms with Gasteiger partial charge in [-0.25, -0.2) is 4.98 Å². The molecule has 1 heterocycles. The number of hydrogen-bond donors (Lipinski definition) is 2. The molecule has 0 unspecified atom stereocenters. The Morgan fingerprint density at radius 2 is 1.79 bits per heavy atom. The van der Waals surface area contributed by atoms with Crippen LogP contribution in [0.1, 0.15) is 74.1 Å². The molecule has 0 aliphatic heterocycles. The van der Waals surface area contributed by atoms with Crippen molar-refractivity contribution >= 4 is 35.0 Å². The number of halogens is 2. The van der Waals surface area contributed by atoms with Crippen molar-refractivity contribution < 1.29 is 19.8 Å². The summed E-state index contributed by atoms with van der Waals surface area (Å²) in [6.07, 6.45) is 3.88. The number of ketones is 1. The van der Waals surface area contributed by atoms with Crippen LogP contribution in [0, 0.1) is 23.7 Å². The van der Waals surface area contributed by atoms with Crippen molar-refractivity contribution in [2.45, 2.75) is 64.5 Å². The lowest BCUT2D eigenvalue weighted by Gasteiger charge is -2.25. The molecule has 0 saturated heterocycles. The number of imidazole rings is 1. The molecule has 1 fully saturated rings. The Hall–Kier alpha value is -2.33. The number of Topliss-reactive ketones (excluding diaryl/α,β-unsaturated/α-hetero) is 1. The van der Waals surface area contributed by atoms with Gasteiger partial charge < -0.3 is 14.8 Å². The van der Waals surface area contributed by atoms with Gasteiger partial charge in [-0.05, 0) is 87.1 Å². The molecular formula is C25H28Cl2N2O4. The summed E-state index contributed by atoms with van der Waals surface area (Å²) >= 11 is 12.4. The van der Waals surface area contributed by atoms with E-state index in [0.717, 1.165) is 18.4 Å². The molecule has 0 radical (unpaired) electrons. The van der Waals surface area contributed by atoms with Crippen LogP contribution in [0.3, 0.4) is 0 Å². The lowest BCUT2D eigenvalue weighted by molar-refractivity contribution is -0.143. The van der Waals surface area contributed by atoms with E-state index >= 15 is 0 Å². The number of carboxylic acid groups (broad SMARTS) is 1. The first kappa shape index (κ1) is 25.3. The van der Waals surface area contributed by atoms with Gasteiger partial charge in [0.05, 0.1) is 12.5 Å². The van der Waals surface area contributed by atoms with Gasteiger partial charge in [-0.1, -0.05) is 29.7 Å². The molecule has 1 aliphatic carbocycles. The third kappa shape index (κ3) is 7.07. The molecule has 2 N–H and O–H groups in total. The van der Waals surface area contributed by atoms with E-state index < -0.39 is 11.6 Å². The Morgan fingerprint density at radius 1 is 1.15 bits per heavy atom. The number of nitrogens with zero attached hydrogens (tertiary/aromatic N) is 2. The summed E-state index contributed by atoms with van der Waals surface area (Å²) in [6, 6.07) is 7.25. The van der Waals surface area contributed by atoms with E-state index in [4.69, 9.17) is 23.2 Å². The standard InChI is InChI=1S/C25H28Cl2N2O4/c1-25(2,33)14-13-20-22(21(30)12-7-16-3-8-18(9-4-16)23(31)32)29(24(27)28-20)15-17-5-10-19(26)11-6-17/h5-6,10-11,16,18,33H,3-4,7-9,12,15H2,1-2H3,(H,31,32). The van der Waals surface area contributed by atoms with Gasteiger partial charge in [-0.2, -0.15) is 0 Å². The quantitative estimate of drug-likeness (QED) is 0.410. The molecule has 8 heteroatoms. The number of aliphatic hydroxyl groups is 1. The maximum Gasteiger partial charge on any atom is 0.306 e. The molecule has 33 heavy (non-hydrogen) atoms. The summed E-state index contributed by atoms with van der Waals surface area (Å²) in [5, 5.41) is 19.9. The number of benzene rings is 1. The van der Waals surface area contributed by atoms with E-state index in [-0.39, 0.29) is 22.7 Å². The molecule has 6 nitrogen and oxygen atoms in total. The van der Waals surface area contributed by atoms with Crippen molar-refractivity contribution in [2.75, 3.05) is 0 Å². The maximum atomic E-state index is 13.3. The minimum Gasteiger partial charge on any atom is -0.481 e. The van der Waals surface area contributed by atoms with E-state index in [1.807, 2.05) is 12.1 Å². The molecule has 0 spiro atoms. The zero-order chi connectivity index (χ0) is 24.2. The SMILES string of the molecule is CC(C)(O)C#Cc1nc(Cl)n(Cc2ccc(Cl)cc2)c1C(=O)CCC1CCC(C(=O)O)CC1. The minimum absolute atomic E-state index is 0.122. The second kappa shape index (κ2) is 10.7. The summed E-state index contributed by atoms with van der Waals surface area (Å²) in [7, 11) is 0. The number of aliphatic carboxylic acids is 1. The molecular weight excluding hydrogens is 463 g/mol. The fourth-order valence-electron chi connectivity index (χ4n) is 4.08. The van der Waals surface area contributed by atoms with E-state index in [2.05, 4.69) is 16.8 Å². The van der Waals surface area contributed by atoms with Gasteiger partial charge in [0.1, 0.15) is 17.0 Å². The number of aromatic nitrogens is 2. The van der Waals surface area contributed by atoms with Crippen LogP contribution in [0.5, 0.6) is 0 Å². The van der Waals surface area contributed by atoms with Crippen molar-refractivity contribution in [1.29, 1.82) is 0 Å². The molecule has 176 valence electrons. The molecule has 0 atom stereocenters. The number of carboxylic acids is 1. The van der Waals surface area contributed by atoms with E-state index in [9.17, 15) is 19.8 Å². The van der Waals surface area contributed by atoms with Crippen molar-refractivity contribution in [2.24, 2.45) is 11.8 Å². The summed E-state index contributed by atoms with van der Waals surface area (Å²) < 4.78 is 1.64. The molecule has 0 amide bonds. The molecule has 3 rings (SSSR count). The van der Waals surface area contributed by atoms with Crippen LogP contribution < -0.4 is 0 Å². The first-order chi connectivity index (χ1) is 15.5. The topological polar surface area (TPSA) is 92.4 Å². The lowest BCUT2D eigenvalue weighted by Crippen LogP contribution is -2.22. The molecule has 1 aliphatic rings. The van der Waals surface area contributed by atoms with Crippen LogP contribution in [0.25, 0.3) is 0 Å². The van der Waals surface area contributed by atoms with Crippen molar-refractivity contribution in [1.82, 2.24) is 9.55 Å². The van der Waals surface area contributed by atoms with Gasteiger partial charge in [0.2, 0.25) is 5.28 Å². The number of carbonyl (C=O) groups excluding carboxylic acids is 1. The third-order valence-electron chi connectivity index (χ3n) is 5.90. The highest BCUT2D eigenvalue weighted by Crippen LogP contribution is 2.32. The Labute approximate surface area is 203 Å². The fraction of sp³-hybridized carbons (Fsp3) is 0.480. The minimum atomic E-state index is -1.24. The number of carbonyl (C=O) groups is 2. The molecule has 1 aromatic heterocycles.